The molecule has 14 heavy (non-hydrogen) atoms. The van der Waals surface area contributed by atoms with Crippen molar-refractivity contribution in [1.82, 2.24) is 5.32 Å². The fourth-order valence-electron chi connectivity index (χ4n) is 3.51. The fraction of sp³-hybridized carbons (Fsp3) is 1.00. The average molecular weight is 195 g/mol. The Morgan fingerprint density at radius 2 is 1.71 bits per heavy atom. The van der Waals surface area contributed by atoms with Crippen LogP contribution in [0.25, 0.3) is 0 Å². The molecule has 0 aromatic heterocycles. The lowest BCUT2D eigenvalue weighted by atomic mass is 9.91. The van der Waals surface area contributed by atoms with E-state index < -0.39 is 0 Å². The highest BCUT2D eigenvalue weighted by molar-refractivity contribution is 4.83. The maximum Gasteiger partial charge on any atom is 0.00923 e. The van der Waals surface area contributed by atoms with Gasteiger partial charge in [0.1, 0.15) is 0 Å². The minimum absolute atomic E-state index is 0.844. The molecule has 2 saturated carbocycles. The third-order valence-corrected chi connectivity index (χ3v) is 4.45. The molecule has 2 fully saturated rings. The summed E-state index contributed by atoms with van der Waals surface area (Å²) in [6, 6.07) is 0.844. The van der Waals surface area contributed by atoms with E-state index in [1.165, 1.54) is 57.8 Å². The first-order chi connectivity index (χ1) is 6.90. The van der Waals surface area contributed by atoms with E-state index in [0.717, 1.165) is 17.9 Å². The second-order valence-electron chi connectivity index (χ2n) is 5.31. The monoisotopic (exact) mass is 195 g/mol. The van der Waals surface area contributed by atoms with Gasteiger partial charge in [0.05, 0.1) is 0 Å². The van der Waals surface area contributed by atoms with Gasteiger partial charge in [-0.2, -0.15) is 0 Å². The van der Waals surface area contributed by atoms with Crippen LogP contribution in [0.3, 0.4) is 0 Å². The van der Waals surface area contributed by atoms with Gasteiger partial charge in [0.15, 0.2) is 0 Å². The zero-order chi connectivity index (χ0) is 9.80. The summed E-state index contributed by atoms with van der Waals surface area (Å²) in [7, 11) is 2.14. The smallest absolute Gasteiger partial charge is 0.00923 e. The highest BCUT2D eigenvalue weighted by Crippen LogP contribution is 2.34. The normalized spacial score (nSPS) is 34.1. The Hall–Kier alpha value is -0.0400. The van der Waals surface area contributed by atoms with Gasteiger partial charge in [-0.05, 0) is 38.1 Å². The maximum absolute atomic E-state index is 3.49. The summed E-state index contributed by atoms with van der Waals surface area (Å²) in [6.07, 6.45) is 13.4. The molecule has 1 N–H and O–H groups in total. The Kier molecular flexibility index (Phi) is 3.86. The highest BCUT2D eigenvalue weighted by atomic mass is 14.9. The minimum Gasteiger partial charge on any atom is -0.317 e. The van der Waals surface area contributed by atoms with Crippen LogP contribution in [-0.4, -0.2) is 13.1 Å². The topological polar surface area (TPSA) is 12.0 Å². The minimum atomic E-state index is 0.844. The van der Waals surface area contributed by atoms with Gasteiger partial charge >= 0.3 is 0 Å². The molecule has 1 heteroatoms. The molecule has 0 bridgehead atoms. The molecule has 1 nitrogen and oxygen atoms in total. The van der Waals surface area contributed by atoms with Crippen LogP contribution >= 0.6 is 0 Å². The predicted molar refractivity (Wildman–Crippen MR) is 61.4 cm³/mol. The van der Waals surface area contributed by atoms with Gasteiger partial charge in [0.2, 0.25) is 0 Å². The van der Waals surface area contributed by atoms with E-state index in [2.05, 4.69) is 12.4 Å². The van der Waals surface area contributed by atoms with Gasteiger partial charge in [0, 0.05) is 6.04 Å². The van der Waals surface area contributed by atoms with E-state index in [-0.39, 0.29) is 0 Å². The molecule has 0 spiro atoms. The fourth-order valence-corrected chi connectivity index (χ4v) is 3.51. The van der Waals surface area contributed by atoms with Gasteiger partial charge in [0.25, 0.3) is 0 Å². The Bertz CT molecular complexity index is 161. The van der Waals surface area contributed by atoms with Gasteiger partial charge in [-0.15, -0.1) is 0 Å². The van der Waals surface area contributed by atoms with Crippen molar-refractivity contribution in [2.45, 2.75) is 63.8 Å². The van der Waals surface area contributed by atoms with E-state index in [9.17, 15) is 0 Å². The van der Waals surface area contributed by atoms with Crippen LogP contribution < -0.4 is 5.32 Å². The summed E-state index contributed by atoms with van der Waals surface area (Å²) in [5.74, 6) is 2.09. The lowest BCUT2D eigenvalue weighted by Crippen LogP contribution is -2.29. The molecular formula is C13H25N. The molecule has 0 aliphatic heterocycles. The van der Waals surface area contributed by atoms with E-state index >= 15 is 0 Å². The van der Waals surface area contributed by atoms with Crippen LogP contribution in [0.15, 0.2) is 0 Å². The predicted octanol–water partition coefficient (Wildman–Crippen LogP) is 3.34. The van der Waals surface area contributed by atoms with Crippen molar-refractivity contribution >= 4 is 0 Å². The molecule has 0 heterocycles. The first kappa shape index (κ1) is 10.5. The molecule has 2 unspecified atom stereocenters. The number of rotatable bonds is 4. The summed E-state index contributed by atoms with van der Waals surface area (Å²) in [6.45, 7) is 0. The van der Waals surface area contributed by atoms with Crippen LogP contribution in [0.1, 0.15) is 57.8 Å². The van der Waals surface area contributed by atoms with Crippen LogP contribution in [0.5, 0.6) is 0 Å². The molecule has 0 aromatic carbocycles. The van der Waals surface area contributed by atoms with Gasteiger partial charge in [-0.25, -0.2) is 0 Å². The van der Waals surface area contributed by atoms with E-state index in [4.69, 9.17) is 0 Å². The summed E-state index contributed by atoms with van der Waals surface area (Å²) < 4.78 is 0. The number of hydrogen-bond donors (Lipinski definition) is 1. The van der Waals surface area contributed by atoms with Gasteiger partial charge in [-0.3, -0.25) is 0 Å². The van der Waals surface area contributed by atoms with Crippen molar-refractivity contribution < 1.29 is 0 Å². The second-order valence-corrected chi connectivity index (χ2v) is 5.31. The SMILES string of the molecule is CNC1CCCC1CCC1CCCC1. The average Bonchev–Trinajstić information content (AvgIpc) is 2.85. The largest absolute Gasteiger partial charge is 0.317 e. The number of nitrogens with one attached hydrogen (secondary N) is 1. The summed E-state index contributed by atoms with van der Waals surface area (Å²) in [5.41, 5.74) is 0. The third-order valence-electron chi connectivity index (χ3n) is 4.45. The van der Waals surface area contributed by atoms with Crippen molar-refractivity contribution in [3.05, 3.63) is 0 Å². The Labute approximate surface area is 88.7 Å². The Balaban J connectivity index is 1.68. The number of hydrogen-bond acceptors (Lipinski definition) is 1. The van der Waals surface area contributed by atoms with Crippen LogP contribution in [0, 0.1) is 11.8 Å². The zero-order valence-electron chi connectivity index (χ0n) is 9.60. The first-order valence-corrected chi connectivity index (χ1v) is 6.57. The van der Waals surface area contributed by atoms with Gasteiger partial charge < -0.3 is 5.32 Å². The lowest BCUT2D eigenvalue weighted by molar-refractivity contribution is 0.352. The molecule has 0 saturated heterocycles. The van der Waals surface area contributed by atoms with Crippen molar-refractivity contribution in [1.29, 1.82) is 0 Å². The van der Waals surface area contributed by atoms with Crippen molar-refractivity contribution in [3.63, 3.8) is 0 Å². The molecule has 82 valence electrons. The van der Waals surface area contributed by atoms with Crippen molar-refractivity contribution in [2.24, 2.45) is 11.8 Å². The molecule has 0 amide bonds. The van der Waals surface area contributed by atoms with E-state index in [0.29, 0.717) is 0 Å². The van der Waals surface area contributed by atoms with Crippen molar-refractivity contribution in [2.75, 3.05) is 7.05 Å². The summed E-state index contributed by atoms with van der Waals surface area (Å²) >= 11 is 0. The van der Waals surface area contributed by atoms with Crippen LogP contribution in [0.4, 0.5) is 0 Å². The molecule has 2 aliphatic carbocycles. The van der Waals surface area contributed by atoms with E-state index in [1.54, 1.807) is 0 Å². The maximum atomic E-state index is 3.49. The standard InChI is InChI=1S/C13H25N/c1-14-13-8-4-7-12(13)10-9-11-5-2-3-6-11/h11-14H,2-10H2,1H3. The van der Waals surface area contributed by atoms with Crippen LogP contribution in [0.2, 0.25) is 0 Å². The van der Waals surface area contributed by atoms with Crippen LogP contribution in [-0.2, 0) is 0 Å². The third kappa shape index (κ3) is 2.50. The van der Waals surface area contributed by atoms with E-state index in [1.807, 2.05) is 0 Å². The molecule has 0 aromatic rings. The molecule has 0 radical (unpaired) electrons. The molecule has 2 atom stereocenters. The second kappa shape index (κ2) is 5.16. The molecule has 2 aliphatic rings. The Morgan fingerprint density at radius 3 is 2.43 bits per heavy atom. The van der Waals surface area contributed by atoms with Gasteiger partial charge in [-0.1, -0.05) is 38.5 Å². The zero-order valence-corrected chi connectivity index (χ0v) is 9.60. The first-order valence-electron chi connectivity index (χ1n) is 6.57. The van der Waals surface area contributed by atoms with Crippen molar-refractivity contribution in [3.8, 4) is 0 Å². The quantitative estimate of drug-likeness (QED) is 0.725. The highest BCUT2D eigenvalue weighted by Gasteiger charge is 2.26. The summed E-state index contributed by atoms with van der Waals surface area (Å²) in [4.78, 5) is 0. The summed E-state index contributed by atoms with van der Waals surface area (Å²) in [5, 5.41) is 3.49. The molecular weight excluding hydrogens is 170 g/mol. The molecule has 2 rings (SSSR count). The Morgan fingerprint density at radius 1 is 0.929 bits per heavy atom. The lowest BCUT2D eigenvalue weighted by Gasteiger charge is -2.20.